The van der Waals surface area contributed by atoms with Crippen LogP contribution in [-0.2, 0) is 6.54 Å². The van der Waals surface area contributed by atoms with Crippen molar-refractivity contribution in [1.82, 2.24) is 10.2 Å². The zero-order valence-electron chi connectivity index (χ0n) is 17.0. The number of rotatable bonds is 7. The molecule has 1 aromatic rings. The van der Waals surface area contributed by atoms with E-state index in [-0.39, 0.29) is 0 Å². The molecular formula is C20H33N3O3. The smallest absolute Gasteiger partial charge is 0.203 e. The molecule has 1 aliphatic rings. The van der Waals surface area contributed by atoms with Crippen LogP contribution in [0.5, 0.6) is 17.2 Å². The first-order valence-electron chi connectivity index (χ1n) is 9.35. The van der Waals surface area contributed by atoms with Crippen LogP contribution in [0.25, 0.3) is 0 Å². The molecule has 0 aliphatic carbocycles. The van der Waals surface area contributed by atoms with Crippen molar-refractivity contribution in [2.24, 2.45) is 10.4 Å². The number of hydrogen-bond acceptors (Lipinski definition) is 4. The Hall–Kier alpha value is -2.11. The van der Waals surface area contributed by atoms with Gasteiger partial charge in [0.25, 0.3) is 0 Å². The van der Waals surface area contributed by atoms with Crippen LogP contribution in [0.4, 0.5) is 0 Å². The van der Waals surface area contributed by atoms with Gasteiger partial charge in [-0.1, -0.05) is 13.8 Å². The number of ether oxygens (including phenoxy) is 3. The van der Waals surface area contributed by atoms with Crippen LogP contribution < -0.4 is 19.5 Å². The van der Waals surface area contributed by atoms with E-state index in [1.54, 1.807) is 14.2 Å². The average Bonchev–Trinajstić information content (AvgIpc) is 2.99. The minimum absolute atomic E-state index is 0.335. The molecule has 26 heavy (non-hydrogen) atoms. The molecule has 2 rings (SSSR count). The fourth-order valence-corrected chi connectivity index (χ4v) is 3.20. The zero-order chi connectivity index (χ0) is 19.2. The van der Waals surface area contributed by atoms with E-state index in [1.807, 2.05) is 19.1 Å². The average molecular weight is 364 g/mol. The molecule has 1 aliphatic heterocycles. The summed E-state index contributed by atoms with van der Waals surface area (Å²) in [4.78, 5) is 7.18. The molecule has 0 spiro atoms. The molecule has 0 bridgehead atoms. The Morgan fingerprint density at radius 3 is 2.31 bits per heavy atom. The van der Waals surface area contributed by atoms with Crippen molar-refractivity contribution in [2.45, 2.75) is 40.7 Å². The van der Waals surface area contributed by atoms with Gasteiger partial charge >= 0.3 is 0 Å². The Morgan fingerprint density at radius 1 is 1.19 bits per heavy atom. The number of guanidine groups is 1. The van der Waals surface area contributed by atoms with Gasteiger partial charge in [-0.25, -0.2) is 4.99 Å². The summed E-state index contributed by atoms with van der Waals surface area (Å²) in [6.07, 6.45) is 1.18. The second-order valence-corrected chi connectivity index (χ2v) is 7.27. The van der Waals surface area contributed by atoms with Crippen LogP contribution in [0.2, 0.25) is 0 Å². The maximum atomic E-state index is 5.67. The van der Waals surface area contributed by atoms with Crippen LogP contribution >= 0.6 is 0 Å². The van der Waals surface area contributed by atoms with Gasteiger partial charge in [0.2, 0.25) is 5.75 Å². The Kier molecular flexibility index (Phi) is 7.00. The van der Waals surface area contributed by atoms with E-state index >= 15 is 0 Å². The molecule has 0 aromatic heterocycles. The fraction of sp³-hybridized carbons (Fsp3) is 0.650. The lowest BCUT2D eigenvalue weighted by Crippen LogP contribution is -2.40. The maximum Gasteiger partial charge on any atom is 0.203 e. The van der Waals surface area contributed by atoms with Crippen LogP contribution in [0.15, 0.2) is 17.1 Å². The molecule has 1 N–H and O–H groups in total. The molecule has 0 radical (unpaired) electrons. The van der Waals surface area contributed by atoms with Crippen molar-refractivity contribution in [3.05, 3.63) is 17.7 Å². The lowest BCUT2D eigenvalue weighted by Gasteiger charge is -2.23. The molecule has 1 fully saturated rings. The van der Waals surface area contributed by atoms with E-state index in [2.05, 4.69) is 31.0 Å². The second kappa shape index (κ2) is 9.01. The van der Waals surface area contributed by atoms with Crippen molar-refractivity contribution in [3.63, 3.8) is 0 Å². The monoisotopic (exact) mass is 363 g/mol. The van der Waals surface area contributed by atoms with Gasteiger partial charge in [0, 0.05) is 19.6 Å². The number of nitrogens with zero attached hydrogens (tertiary/aromatic N) is 2. The predicted molar refractivity (Wildman–Crippen MR) is 106 cm³/mol. The molecule has 0 saturated carbocycles. The molecule has 1 heterocycles. The molecule has 0 amide bonds. The number of benzene rings is 1. The van der Waals surface area contributed by atoms with Crippen molar-refractivity contribution in [1.29, 1.82) is 0 Å². The summed E-state index contributed by atoms with van der Waals surface area (Å²) in [5.74, 6) is 2.94. The Balaban J connectivity index is 2.23. The van der Waals surface area contributed by atoms with Gasteiger partial charge in [-0.15, -0.1) is 0 Å². The Bertz CT molecular complexity index is 604. The number of nitrogens with one attached hydrogen (secondary N) is 1. The number of aliphatic imine (C=N–C) groups is 1. The summed E-state index contributed by atoms with van der Waals surface area (Å²) in [5, 5.41) is 3.41. The predicted octanol–water partition coefficient (Wildman–Crippen LogP) is 3.30. The highest BCUT2D eigenvalue weighted by Gasteiger charge is 2.30. The topological polar surface area (TPSA) is 55.3 Å². The Labute approximate surface area is 157 Å². The summed E-state index contributed by atoms with van der Waals surface area (Å²) >= 11 is 0. The van der Waals surface area contributed by atoms with Gasteiger partial charge in [-0.2, -0.15) is 0 Å². The van der Waals surface area contributed by atoms with Crippen molar-refractivity contribution in [3.8, 4) is 17.2 Å². The molecule has 0 unspecified atom stereocenters. The van der Waals surface area contributed by atoms with Gasteiger partial charge in [-0.3, -0.25) is 0 Å². The highest BCUT2D eigenvalue weighted by molar-refractivity contribution is 5.80. The number of hydrogen-bond donors (Lipinski definition) is 1. The van der Waals surface area contributed by atoms with E-state index in [4.69, 9.17) is 19.2 Å². The van der Waals surface area contributed by atoms with E-state index in [9.17, 15) is 0 Å². The minimum Gasteiger partial charge on any atom is -0.493 e. The van der Waals surface area contributed by atoms with Crippen molar-refractivity contribution in [2.75, 3.05) is 40.5 Å². The highest BCUT2D eigenvalue weighted by atomic mass is 16.5. The normalized spacial score (nSPS) is 16.5. The third kappa shape index (κ3) is 4.96. The van der Waals surface area contributed by atoms with E-state index in [0.717, 1.165) is 31.2 Å². The van der Waals surface area contributed by atoms with Crippen molar-refractivity contribution < 1.29 is 14.2 Å². The van der Waals surface area contributed by atoms with Gasteiger partial charge < -0.3 is 24.4 Å². The van der Waals surface area contributed by atoms with E-state index < -0.39 is 0 Å². The first-order valence-corrected chi connectivity index (χ1v) is 9.35. The van der Waals surface area contributed by atoms with Crippen LogP contribution in [0, 0.1) is 5.41 Å². The van der Waals surface area contributed by atoms with Crippen LogP contribution in [0.1, 0.15) is 39.7 Å². The van der Waals surface area contributed by atoms with Crippen LogP contribution in [-0.4, -0.2) is 51.3 Å². The molecule has 1 saturated heterocycles. The Morgan fingerprint density at radius 2 is 1.85 bits per heavy atom. The number of methoxy groups -OCH3 is 2. The molecule has 1 aromatic carbocycles. The molecule has 0 atom stereocenters. The maximum absolute atomic E-state index is 5.67. The zero-order valence-corrected chi connectivity index (χ0v) is 17.0. The van der Waals surface area contributed by atoms with Gasteiger partial charge in [-0.05, 0) is 43.4 Å². The summed E-state index contributed by atoms with van der Waals surface area (Å²) in [5.41, 5.74) is 1.36. The lowest BCUT2D eigenvalue weighted by atomic mass is 9.93. The third-order valence-electron chi connectivity index (χ3n) is 4.53. The largest absolute Gasteiger partial charge is 0.493 e. The molecular weight excluding hydrogens is 330 g/mol. The summed E-state index contributed by atoms with van der Waals surface area (Å²) in [7, 11) is 3.28. The second-order valence-electron chi connectivity index (χ2n) is 7.27. The molecule has 6 nitrogen and oxygen atoms in total. The van der Waals surface area contributed by atoms with E-state index in [0.29, 0.717) is 35.8 Å². The molecule has 6 heteroatoms. The van der Waals surface area contributed by atoms with Gasteiger partial charge in [0.05, 0.1) is 27.4 Å². The molecule has 146 valence electrons. The lowest BCUT2D eigenvalue weighted by molar-refractivity contribution is 0.288. The third-order valence-corrected chi connectivity index (χ3v) is 4.53. The first kappa shape index (κ1) is 20.2. The SMILES string of the molecule is CCNC(=NCc1cc(OC)c(OCC)c(OC)c1)N1CCC(C)(C)C1. The van der Waals surface area contributed by atoms with Crippen molar-refractivity contribution >= 4 is 5.96 Å². The summed E-state index contributed by atoms with van der Waals surface area (Å²) in [6, 6.07) is 3.93. The minimum atomic E-state index is 0.335. The van der Waals surface area contributed by atoms with Crippen LogP contribution in [0.3, 0.4) is 0 Å². The van der Waals surface area contributed by atoms with Gasteiger partial charge in [0.1, 0.15) is 0 Å². The van der Waals surface area contributed by atoms with Gasteiger partial charge in [0.15, 0.2) is 17.5 Å². The fourth-order valence-electron chi connectivity index (χ4n) is 3.20. The van der Waals surface area contributed by atoms with E-state index in [1.165, 1.54) is 6.42 Å². The standard InChI is InChI=1S/C20H33N3O3/c1-7-21-19(23-10-9-20(3,4)14-23)22-13-15-11-16(24-5)18(26-8-2)17(12-15)25-6/h11-12H,7-10,13-14H2,1-6H3,(H,21,22). The summed E-state index contributed by atoms with van der Waals surface area (Å²) in [6.45, 7) is 12.7. The summed E-state index contributed by atoms with van der Waals surface area (Å²) < 4.78 is 16.6. The number of likely N-dealkylation sites (tertiary alicyclic amines) is 1. The highest BCUT2D eigenvalue weighted by Crippen LogP contribution is 2.38. The quantitative estimate of drug-likeness (QED) is 0.595. The first-order chi connectivity index (χ1) is 12.4.